The van der Waals surface area contributed by atoms with E-state index >= 15 is 0 Å². The predicted molar refractivity (Wildman–Crippen MR) is 85.1 cm³/mol. The Labute approximate surface area is 130 Å². The van der Waals surface area contributed by atoms with Gasteiger partial charge in [-0.1, -0.05) is 12.1 Å². The fourth-order valence-corrected chi connectivity index (χ4v) is 3.30. The summed E-state index contributed by atoms with van der Waals surface area (Å²) in [5.41, 5.74) is 1.42. The summed E-state index contributed by atoms with van der Waals surface area (Å²) in [6.45, 7) is 0. The number of carboxylic acid groups (broad SMARTS) is 1. The van der Waals surface area contributed by atoms with Crippen LogP contribution in [0, 0.1) is 0 Å². The number of rotatable bonds is 4. The van der Waals surface area contributed by atoms with E-state index in [9.17, 15) is 9.90 Å². The Morgan fingerprint density at radius 3 is 2.55 bits per heavy atom. The number of aromatic nitrogens is 1. The molecule has 0 spiro atoms. The third-order valence-electron chi connectivity index (χ3n) is 3.28. The third-order valence-corrected chi connectivity index (χ3v) is 4.35. The minimum Gasteiger partial charge on any atom is -0.493 e. The maximum Gasteiger partial charge on any atom is 0.340 e. The van der Waals surface area contributed by atoms with Crippen LogP contribution >= 0.6 is 11.3 Å². The van der Waals surface area contributed by atoms with Gasteiger partial charge in [0.15, 0.2) is 11.5 Å². The molecule has 3 aromatic rings. The van der Waals surface area contributed by atoms with E-state index in [2.05, 4.69) is 4.98 Å². The van der Waals surface area contributed by atoms with Crippen LogP contribution in [0.3, 0.4) is 0 Å². The van der Waals surface area contributed by atoms with Crippen LogP contribution in [0.15, 0.2) is 36.4 Å². The van der Waals surface area contributed by atoms with Crippen molar-refractivity contribution in [1.82, 2.24) is 4.98 Å². The van der Waals surface area contributed by atoms with E-state index in [0.717, 1.165) is 10.2 Å². The highest BCUT2D eigenvalue weighted by Gasteiger charge is 2.23. The molecule has 0 aliphatic carbocycles. The smallest absolute Gasteiger partial charge is 0.340 e. The molecule has 5 nitrogen and oxygen atoms in total. The molecule has 0 aliphatic heterocycles. The zero-order valence-electron chi connectivity index (χ0n) is 12.0. The number of fused-ring (bicyclic) bond motifs is 1. The first-order chi connectivity index (χ1) is 10.7. The molecule has 0 atom stereocenters. The van der Waals surface area contributed by atoms with Gasteiger partial charge in [0.1, 0.15) is 10.6 Å². The highest BCUT2D eigenvalue weighted by Crippen LogP contribution is 2.40. The summed E-state index contributed by atoms with van der Waals surface area (Å²) in [6, 6.07) is 11.1. The van der Waals surface area contributed by atoms with Crippen LogP contribution < -0.4 is 9.47 Å². The van der Waals surface area contributed by atoms with E-state index in [-0.39, 0.29) is 11.3 Å². The number of para-hydroxylation sites is 1. The van der Waals surface area contributed by atoms with Crippen LogP contribution in [0.4, 0.5) is 0 Å². The Morgan fingerprint density at radius 2 is 1.91 bits per heavy atom. The Bertz CT molecular complexity index is 823. The molecule has 22 heavy (non-hydrogen) atoms. The van der Waals surface area contributed by atoms with Gasteiger partial charge in [0.2, 0.25) is 0 Å². The molecule has 112 valence electrons. The molecule has 1 N–H and O–H groups in total. The van der Waals surface area contributed by atoms with Crippen molar-refractivity contribution in [3.8, 4) is 22.1 Å². The van der Waals surface area contributed by atoms with Gasteiger partial charge in [-0.05, 0) is 24.3 Å². The summed E-state index contributed by atoms with van der Waals surface area (Å²) in [5, 5.41) is 10.2. The fourth-order valence-electron chi connectivity index (χ4n) is 2.30. The molecule has 3 rings (SSSR count). The summed E-state index contributed by atoms with van der Waals surface area (Å²) in [4.78, 5) is 16.2. The molecule has 0 fully saturated rings. The zero-order valence-corrected chi connectivity index (χ0v) is 12.8. The summed E-state index contributed by atoms with van der Waals surface area (Å²) in [6.07, 6.45) is 0. The Hall–Kier alpha value is -2.60. The molecule has 0 amide bonds. The lowest BCUT2D eigenvalue weighted by Gasteiger charge is -2.12. The summed E-state index contributed by atoms with van der Waals surface area (Å²) >= 11 is 1.44. The largest absolute Gasteiger partial charge is 0.493 e. The average molecular weight is 315 g/mol. The Balaban J connectivity index is 2.27. The topological polar surface area (TPSA) is 68.7 Å². The summed E-state index contributed by atoms with van der Waals surface area (Å²) in [7, 11) is 2.90. The second-order valence-corrected chi connectivity index (χ2v) is 5.55. The fraction of sp³-hybridized carbons (Fsp3) is 0.125. The number of ether oxygens (including phenoxy) is 2. The minimum absolute atomic E-state index is 0.0564. The highest BCUT2D eigenvalue weighted by molar-refractivity contribution is 7.21. The number of aromatic carboxylic acids is 1. The predicted octanol–water partition coefficient (Wildman–Crippen LogP) is 3.68. The van der Waals surface area contributed by atoms with Crippen LogP contribution in [-0.4, -0.2) is 30.3 Å². The van der Waals surface area contributed by atoms with Crippen LogP contribution in [0.25, 0.3) is 20.8 Å². The van der Waals surface area contributed by atoms with Crippen molar-refractivity contribution in [3.05, 3.63) is 42.0 Å². The standard InChI is InChI=1S/C16H13NO4S/c1-20-11-8-7-9(13(16(18)19)14(11)21-2)15-17-10-5-3-4-6-12(10)22-15/h3-8H,1-2H3,(H,18,19). The van der Waals surface area contributed by atoms with Gasteiger partial charge in [0.05, 0.1) is 24.4 Å². The molecule has 1 heterocycles. The van der Waals surface area contributed by atoms with Crippen LogP contribution in [-0.2, 0) is 0 Å². The number of methoxy groups -OCH3 is 2. The van der Waals surface area contributed by atoms with Crippen molar-refractivity contribution in [3.63, 3.8) is 0 Å². The molecule has 0 radical (unpaired) electrons. The number of hydrogen-bond donors (Lipinski definition) is 1. The number of thiazole rings is 1. The molecular weight excluding hydrogens is 302 g/mol. The normalized spacial score (nSPS) is 10.6. The van der Waals surface area contributed by atoms with Crippen molar-refractivity contribution >= 4 is 27.5 Å². The van der Waals surface area contributed by atoms with E-state index in [0.29, 0.717) is 16.3 Å². The molecule has 0 saturated heterocycles. The van der Waals surface area contributed by atoms with Crippen LogP contribution in [0.1, 0.15) is 10.4 Å². The van der Waals surface area contributed by atoms with Crippen molar-refractivity contribution in [2.45, 2.75) is 0 Å². The van der Waals surface area contributed by atoms with E-state index in [1.54, 1.807) is 12.1 Å². The third kappa shape index (κ3) is 2.27. The highest BCUT2D eigenvalue weighted by atomic mass is 32.1. The zero-order chi connectivity index (χ0) is 15.7. The van der Waals surface area contributed by atoms with Gasteiger partial charge in [-0.2, -0.15) is 0 Å². The van der Waals surface area contributed by atoms with Gasteiger partial charge in [-0.25, -0.2) is 9.78 Å². The van der Waals surface area contributed by atoms with E-state index in [1.807, 2.05) is 24.3 Å². The maximum atomic E-state index is 11.7. The van der Waals surface area contributed by atoms with Crippen molar-refractivity contribution in [2.24, 2.45) is 0 Å². The monoisotopic (exact) mass is 315 g/mol. The number of nitrogens with zero attached hydrogens (tertiary/aromatic N) is 1. The summed E-state index contributed by atoms with van der Waals surface area (Å²) in [5.74, 6) is -0.499. The van der Waals surface area contributed by atoms with Gasteiger partial charge in [0.25, 0.3) is 0 Å². The molecule has 6 heteroatoms. The summed E-state index contributed by atoms with van der Waals surface area (Å²) < 4.78 is 11.4. The van der Waals surface area contributed by atoms with Crippen molar-refractivity contribution in [1.29, 1.82) is 0 Å². The van der Waals surface area contributed by atoms with Gasteiger partial charge in [-0.15, -0.1) is 11.3 Å². The second-order valence-electron chi connectivity index (χ2n) is 4.52. The molecule has 0 aliphatic rings. The van der Waals surface area contributed by atoms with Gasteiger partial charge >= 0.3 is 5.97 Å². The molecule has 0 bridgehead atoms. The lowest BCUT2D eigenvalue weighted by atomic mass is 10.1. The number of carboxylic acids is 1. The number of benzene rings is 2. The average Bonchev–Trinajstić information content (AvgIpc) is 2.96. The minimum atomic E-state index is -1.08. The van der Waals surface area contributed by atoms with Crippen molar-refractivity contribution in [2.75, 3.05) is 14.2 Å². The SMILES string of the molecule is COc1ccc(-c2nc3ccccc3s2)c(C(=O)O)c1OC. The van der Waals surface area contributed by atoms with Crippen molar-refractivity contribution < 1.29 is 19.4 Å². The lowest BCUT2D eigenvalue weighted by Crippen LogP contribution is -2.05. The molecule has 2 aromatic carbocycles. The first-order valence-corrected chi connectivity index (χ1v) is 7.31. The second kappa shape index (κ2) is 5.65. The van der Waals surface area contributed by atoms with Gasteiger partial charge in [0, 0.05) is 5.56 Å². The van der Waals surface area contributed by atoms with Crippen LogP contribution in [0.2, 0.25) is 0 Å². The lowest BCUT2D eigenvalue weighted by molar-refractivity contribution is 0.0693. The van der Waals surface area contributed by atoms with Gasteiger partial charge < -0.3 is 14.6 Å². The molecule has 0 unspecified atom stereocenters. The Morgan fingerprint density at radius 1 is 1.14 bits per heavy atom. The van der Waals surface area contributed by atoms with E-state index in [1.165, 1.54) is 25.6 Å². The van der Waals surface area contributed by atoms with Gasteiger partial charge in [-0.3, -0.25) is 0 Å². The Kier molecular flexibility index (Phi) is 3.68. The van der Waals surface area contributed by atoms with E-state index < -0.39 is 5.97 Å². The molecular formula is C16H13NO4S. The first-order valence-electron chi connectivity index (χ1n) is 6.50. The first kappa shape index (κ1) is 14.3. The molecule has 1 aromatic heterocycles. The molecule has 0 saturated carbocycles. The number of hydrogen-bond acceptors (Lipinski definition) is 5. The van der Waals surface area contributed by atoms with Crippen LogP contribution in [0.5, 0.6) is 11.5 Å². The maximum absolute atomic E-state index is 11.7. The van der Waals surface area contributed by atoms with E-state index in [4.69, 9.17) is 9.47 Å². The quantitative estimate of drug-likeness (QED) is 0.795. The number of carbonyl (C=O) groups is 1.